The van der Waals surface area contributed by atoms with Crippen molar-refractivity contribution in [1.82, 2.24) is 4.90 Å². The molecule has 0 unspecified atom stereocenters. The van der Waals surface area contributed by atoms with Crippen LogP contribution in [0.1, 0.15) is 16.8 Å². The highest BCUT2D eigenvalue weighted by molar-refractivity contribution is 6.05. The van der Waals surface area contributed by atoms with Gasteiger partial charge in [0.2, 0.25) is 0 Å². The fraction of sp³-hybridized carbons (Fsp3) is 0.250. The number of ether oxygens (including phenoxy) is 1. The average molecular weight is 366 g/mol. The van der Waals surface area contributed by atoms with Crippen molar-refractivity contribution in [2.45, 2.75) is 18.6 Å². The smallest absolute Gasteiger partial charge is 0.323 e. The maximum Gasteiger partial charge on any atom is 0.323 e. The lowest BCUT2D eigenvalue weighted by molar-refractivity contribution is -0.137. The topological polar surface area (TPSA) is 87.2 Å². The number of fused-ring (bicyclic) bond motifs is 3. The quantitative estimate of drug-likeness (QED) is 0.895. The molecule has 2 heterocycles. The predicted molar refractivity (Wildman–Crippen MR) is 96.7 cm³/mol. The molecule has 7 heteroatoms. The Kier molecular flexibility index (Phi) is 4.27. The Balaban J connectivity index is 1.72. The van der Waals surface area contributed by atoms with E-state index in [9.17, 15) is 19.5 Å². The van der Waals surface area contributed by atoms with Crippen molar-refractivity contribution < 1.29 is 24.2 Å². The van der Waals surface area contributed by atoms with Crippen LogP contribution >= 0.6 is 0 Å². The minimum atomic E-state index is -1.13. The minimum Gasteiger partial charge on any atom is -0.486 e. The van der Waals surface area contributed by atoms with Gasteiger partial charge in [0.05, 0.1) is 12.2 Å². The van der Waals surface area contributed by atoms with Gasteiger partial charge in [0.25, 0.3) is 11.8 Å². The number of carbonyl (C=O) groups excluding carboxylic acids is 2. The zero-order valence-electron chi connectivity index (χ0n) is 14.4. The number of nitrogens with zero attached hydrogens (tertiary/aromatic N) is 2. The standard InChI is InChI=1S/C20H18N2O5/c23-18(24)12-22-15-8-4-5-9-17(15)27-14-10-16(20(22)26)21(11-14)19(25)13-6-2-1-3-7-13/h1-9,14,16H,10-12H2,(H,23,24)/t14-,16-/m0/s1. The van der Waals surface area contributed by atoms with Gasteiger partial charge in [-0.3, -0.25) is 19.3 Å². The number of aliphatic carboxylic acids is 1. The van der Waals surface area contributed by atoms with E-state index in [0.717, 1.165) is 0 Å². The lowest BCUT2D eigenvalue weighted by atomic mass is 10.1. The van der Waals surface area contributed by atoms with Crippen molar-refractivity contribution in [2.75, 3.05) is 18.0 Å². The molecule has 1 N–H and O–H groups in total. The molecule has 2 amide bonds. The summed E-state index contributed by atoms with van der Waals surface area (Å²) in [7, 11) is 0. The van der Waals surface area contributed by atoms with Crippen LogP contribution < -0.4 is 9.64 Å². The number of anilines is 1. The lowest BCUT2D eigenvalue weighted by Gasteiger charge is -2.30. The molecule has 1 saturated heterocycles. The van der Waals surface area contributed by atoms with Crippen LogP contribution in [0, 0.1) is 0 Å². The van der Waals surface area contributed by atoms with Gasteiger partial charge in [-0.05, 0) is 24.3 Å². The summed E-state index contributed by atoms with van der Waals surface area (Å²) >= 11 is 0. The van der Waals surface area contributed by atoms with E-state index in [4.69, 9.17) is 4.74 Å². The third kappa shape index (κ3) is 3.12. The molecule has 138 valence electrons. The maximum absolute atomic E-state index is 13.2. The second-order valence-electron chi connectivity index (χ2n) is 6.60. The second kappa shape index (κ2) is 6.75. The largest absolute Gasteiger partial charge is 0.486 e. The molecule has 2 atom stereocenters. The first kappa shape index (κ1) is 17.1. The van der Waals surface area contributed by atoms with Crippen molar-refractivity contribution in [2.24, 2.45) is 0 Å². The van der Waals surface area contributed by atoms with Crippen LogP contribution in [0.25, 0.3) is 0 Å². The summed E-state index contributed by atoms with van der Waals surface area (Å²) in [6.45, 7) is -0.215. The Morgan fingerprint density at radius 2 is 1.78 bits per heavy atom. The van der Waals surface area contributed by atoms with Crippen molar-refractivity contribution in [3.63, 3.8) is 0 Å². The molecule has 0 saturated carbocycles. The number of carboxylic acid groups (broad SMARTS) is 1. The molecule has 27 heavy (non-hydrogen) atoms. The molecular formula is C20H18N2O5. The molecule has 0 aromatic heterocycles. The highest BCUT2D eigenvalue weighted by atomic mass is 16.5. The molecule has 1 fully saturated rings. The molecule has 2 aromatic rings. The number of rotatable bonds is 3. The summed E-state index contributed by atoms with van der Waals surface area (Å²) in [5.41, 5.74) is 0.895. The Morgan fingerprint density at radius 3 is 2.52 bits per heavy atom. The molecule has 0 radical (unpaired) electrons. The number of carboxylic acids is 1. The van der Waals surface area contributed by atoms with E-state index in [-0.39, 0.29) is 18.6 Å². The molecule has 2 bridgehead atoms. The molecule has 2 aromatic carbocycles. The number of hydrogen-bond donors (Lipinski definition) is 1. The maximum atomic E-state index is 13.2. The highest BCUT2D eigenvalue weighted by Crippen LogP contribution is 2.36. The van der Waals surface area contributed by atoms with Crippen LogP contribution in [0.5, 0.6) is 5.75 Å². The normalized spacial score (nSPS) is 21.1. The molecular weight excluding hydrogens is 348 g/mol. The van der Waals surface area contributed by atoms with Gasteiger partial charge in [-0.25, -0.2) is 0 Å². The monoisotopic (exact) mass is 366 g/mol. The third-order valence-electron chi connectivity index (χ3n) is 4.84. The summed E-state index contributed by atoms with van der Waals surface area (Å²) in [5, 5.41) is 9.28. The van der Waals surface area contributed by atoms with Gasteiger partial charge in [0.1, 0.15) is 24.4 Å². The van der Waals surface area contributed by atoms with Crippen LogP contribution in [0.2, 0.25) is 0 Å². The molecule has 7 nitrogen and oxygen atoms in total. The number of likely N-dealkylation sites (tertiary alicyclic amines) is 1. The molecule has 0 aliphatic carbocycles. The molecule has 0 spiro atoms. The van der Waals surface area contributed by atoms with Crippen LogP contribution in [-0.2, 0) is 9.59 Å². The van der Waals surface area contributed by atoms with E-state index in [1.807, 2.05) is 6.07 Å². The van der Waals surface area contributed by atoms with Crippen molar-refractivity contribution in [3.05, 3.63) is 60.2 Å². The number of amides is 2. The number of para-hydroxylation sites is 2. The average Bonchev–Trinajstić information content (AvgIpc) is 3.10. The zero-order valence-corrected chi connectivity index (χ0v) is 14.4. The van der Waals surface area contributed by atoms with E-state index in [1.165, 1.54) is 9.80 Å². The third-order valence-corrected chi connectivity index (χ3v) is 4.84. The van der Waals surface area contributed by atoms with Crippen LogP contribution in [-0.4, -0.2) is 53.0 Å². The van der Waals surface area contributed by atoms with Gasteiger partial charge in [-0.15, -0.1) is 0 Å². The van der Waals surface area contributed by atoms with Crippen molar-refractivity contribution >= 4 is 23.5 Å². The first-order valence-corrected chi connectivity index (χ1v) is 8.69. The fourth-order valence-corrected chi connectivity index (χ4v) is 3.64. The Morgan fingerprint density at radius 1 is 1.07 bits per heavy atom. The first-order valence-electron chi connectivity index (χ1n) is 8.69. The summed E-state index contributed by atoms with van der Waals surface area (Å²) in [6.07, 6.45) is 0.0155. The Hall–Kier alpha value is -3.35. The summed E-state index contributed by atoms with van der Waals surface area (Å²) in [5.74, 6) is -1.35. The van der Waals surface area contributed by atoms with E-state index < -0.39 is 24.5 Å². The van der Waals surface area contributed by atoms with Crippen molar-refractivity contribution in [1.29, 1.82) is 0 Å². The summed E-state index contributed by atoms with van der Waals surface area (Å²) in [6, 6.07) is 14.8. The zero-order chi connectivity index (χ0) is 19.0. The van der Waals surface area contributed by atoms with E-state index >= 15 is 0 Å². The Bertz CT molecular complexity index is 898. The van der Waals surface area contributed by atoms with Gasteiger partial charge in [0.15, 0.2) is 0 Å². The minimum absolute atomic E-state index is 0.263. The van der Waals surface area contributed by atoms with Crippen LogP contribution in [0.3, 0.4) is 0 Å². The number of carbonyl (C=O) groups is 3. The highest BCUT2D eigenvalue weighted by Gasteiger charge is 2.45. The van der Waals surface area contributed by atoms with Gasteiger partial charge in [0, 0.05) is 12.0 Å². The van der Waals surface area contributed by atoms with Gasteiger partial charge in [-0.2, -0.15) is 0 Å². The molecule has 4 rings (SSSR count). The predicted octanol–water partition coefficient (Wildman–Crippen LogP) is 1.78. The van der Waals surface area contributed by atoms with E-state index in [1.54, 1.807) is 48.5 Å². The van der Waals surface area contributed by atoms with E-state index in [0.29, 0.717) is 23.4 Å². The summed E-state index contributed by atoms with van der Waals surface area (Å²) < 4.78 is 6.02. The second-order valence-corrected chi connectivity index (χ2v) is 6.60. The summed E-state index contributed by atoms with van der Waals surface area (Å²) in [4.78, 5) is 40.2. The Labute approximate surface area is 155 Å². The van der Waals surface area contributed by atoms with Crippen LogP contribution in [0.4, 0.5) is 5.69 Å². The first-order chi connectivity index (χ1) is 13.0. The lowest BCUT2D eigenvalue weighted by Crippen LogP contribution is -2.49. The number of benzene rings is 2. The fourth-order valence-electron chi connectivity index (χ4n) is 3.64. The SMILES string of the molecule is O=C(O)CN1C(=O)[C@@H]2C[C@@H](CN2C(=O)c2ccccc2)Oc2ccccc21. The van der Waals surface area contributed by atoms with E-state index in [2.05, 4.69) is 0 Å². The molecule has 2 aliphatic heterocycles. The van der Waals surface area contributed by atoms with Crippen LogP contribution in [0.15, 0.2) is 54.6 Å². The van der Waals surface area contributed by atoms with Gasteiger partial charge in [-0.1, -0.05) is 30.3 Å². The molecule has 2 aliphatic rings. The number of hydrogen-bond acceptors (Lipinski definition) is 4. The van der Waals surface area contributed by atoms with Gasteiger partial charge < -0.3 is 14.7 Å². The van der Waals surface area contributed by atoms with Gasteiger partial charge >= 0.3 is 5.97 Å². The van der Waals surface area contributed by atoms with Crippen molar-refractivity contribution in [3.8, 4) is 5.75 Å².